The molecule has 4 rings (SSSR count). The molecule has 2 saturated heterocycles. The van der Waals surface area contributed by atoms with Gasteiger partial charge in [0.25, 0.3) is 5.91 Å². The molecule has 2 aliphatic heterocycles. The number of cyclic esters (lactones) is 1. The van der Waals surface area contributed by atoms with Gasteiger partial charge >= 0.3 is 6.09 Å². The van der Waals surface area contributed by atoms with E-state index in [9.17, 15) is 14.0 Å². The first kappa shape index (κ1) is 20.4. The van der Waals surface area contributed by atoms with Gasteiger partial charge in [0, 0.05) is 7.05 Å². The van der Waals surface area contributed by atoms with Gasteiger partial charge in [0.2, 0.25) is 0 Å². The lowest BCUT2D eigenvalue weighted by molar-refractivity contribution is -0.115. The molecule has 30 heavy (non-hydrogen) atoms. The maximum Gasteiger partial charge on any atom is 0.409 e. The highest BCUT2D eigenvalue weighted by molar-refractivity contribution is 8.26. The number of hydrogen-bond acceptors (Lipinski definition) is 6. The summed E-state index contributed by atoms with van der Waals surface area (Å²) < 4.78 is 25.5. The number of nitrogens with zero attached hydrogens (tertiary/aromatic N) is 1. The van der Waals surface area contributed by atoms with E-state index < -0.39 is 5.82 Å². The van der Waals surface area contributed by atoms with Gasteiger partial charge in [0.15, 0.2) is 11.6 Å². The summed E-state index contributed by atoms with van der Waals surface area (Å²) in [5, 5.41) is 2.52. The van der Waals surface area contributed by atoms with Crippen LogP contribution in [-0.4, -0.2) is 40.9 Å². The number of likely N-dealkylation sites (N-methyl/N-ethyl adjacent to an activating group) is 1. The average molecular weight is 445 g/mol. The normalized spacial score (nSPS) is 19.9. The van der Waals surface area contributed by atoms with E-state index >= 15 is 0 Å². The Hall–Kier alpha value is -2.91. The summed E-state index contributed by atoms with van der Waals surface area (Å²) in [6.07, 6.45) is 1.93. The molecule has 2 aromatic carbocycles. The topological polar surface area (TPSA) is 67.9 Å². The fraction of sp³-hybridized carbons (Fsp3) is 0.190. The zero-order valence-corrected chi connectivity index (χ0v) is 17.5. The zero-order chi connectivity index (χ0) is 21.3. The van der Waals surface area contributed by atoms with Crippen molar-refractivity contribution in [1.82, 2.24) is 10.2 Å². The number of rotatable bonds is 5. The van der Waals surface area contributed by atoms with Crippen LogP contribution < -0.4 is 10.1 Å². The van der Waals surface area contributed by atoms with Crippen LogP contribution in [0.1, 0.15) is 11.1 Å². The Morgan fingerprint density at radius 1 is 1.30 bits per heavy atom. The first-order valence-electron chi connectivity index (χ1n) is 9.10. The maximum absolute atomic E-state index is 14.5. The van der Waals surface area contributed by atoms with Gasteiger partial charge in [0.05, 0.1) is 10.9 Å². The molecule has 0 saturated carbocycles. The van der Waals surface area contributed by atoms with Gasteiger partial charge in [-0.1, -0.05) is 42.2 Å². The summed E-state index contributed by atoms with van der Waals surface area (Å²) in [4.78, 5) is 25.2. The molecular weight excluding hydrogens is 427 g/mol. The monoisotopic (exact) mass is 444 g/mol. The predicted octanol–water partition coefficient (Wildman–Crippen LogP) is 4.10. The maximum atomic E-state index is 14.5. The van der Waals surface area contributed by atoms with Gasteiger partial charge in [-0.2, -0.15) is 0 Å². The lowest BCUT2D eigenvalue weighted by atomic mass is 10.1. The van der Waals surface area contributed by atoms with Crippen LogP contribution in [0.15, 0.2) is 47.4 Å². The molecule has 2 heterocycles. The fourth-order valence-corrected chi connectivity index (χ4v) is 4.12. The van der Waals surface area contributed by atoms with Crippen LogP contribution >= 0.6 is 24.0 Å². The molecular formula is C21H17FN2O4S2. The van der Waals surface area contributed by atoms with Crippen molar-refractivity contribution < 1.29 is 23.5 Å². The van der Waals surface area contributed by atoms with Crippen molar-refractivity contribution in [2.75, 3.05) is 13.7 Å². The smallest absolute Gasteiger partial charge is 0.409 e. The van der Waals surface area contributed by atoms with Gasteiger partial charge in [0.1, 0.15) is 16.7 Å². The Bertz CT molecular complexity index is 1060. The summed E-state index contributed by atoms with van der Waals surface area (Å²) in [5.41, 5.74) is 1.56. The van der Waals surface area contributed by atoms with Gasteiger partial charge in [-0.05, 0) is 47.9 Å². The van der Waals surface area contributed by atoms with Crippen molar-refractivity contribution in [1.29, 1.82) is 0 Å². The first-order valence-corrected chi connectivity index (χ1v) is 10.3. The molecule has 0 radical (unpaired) electrons. The quantitative estimate of drug-likeness (QED) is 0.553. The number of halogens is 1. The molecule has 154 valence electrons. The fourth-order valence-electron chi connectivity index (χ4n) is 3.08. The van der Waals surface area contributed by atoms with Crippen molar-refractivity contribution >= 4 is 46.4 Å². The Morgan fingerprint density at radius 3 is 2.67 bits per heavy atom. The van der Waals surface area contributed by atoms with Gasteiger partial charge < -0.3 is 19.7 Å². The molecule has 0 bridgehead atoms. The second-order valence-electron chi connectivity index (χ2n) is 6.83. The zero-order valence-electron chi connectivity index (χ0n) is 15.9. The third-order valence-electron chi connectivity index (χ3n) is 4.75. The Labute approximate surface area is 182 Å². The molecule has 0 spiro atoms. The van der Waals surface area contributed by atoms with Crippen LogP contribution in [-0.2, 0) is 16.0 Å². The van der Waals surface area contributed by atoms with Gasteiger partial charge in [-0.3, -0.25) is 4.79 Å². The molecule has 1 unspecified atom stereocenters. The van der Waals surface area contributed by atoms with E-state index in [1.54, 1.807) is 36.2 Å². The van der Waals surface area contributed by atoms with E-state index in [-0.39, 0.29) is 23.8 Å². The summed E-state index contributed by atoms with van der Waals surface area (Å²) >= 11 is 6.08. The number of carbonyl (C=O) groups is 2. The summed E-state index contributed by atoms with van der Waals surface area (Å²) in [6, 6.07) is 11.7. The number of thioether (sulfide) groups is 1. The lowest BCUT2D eigenvalue weighted by Gasteiger charge is -2.16. The Morgan fingerprint density at radius 2 is 2.07 bits per heavy atom. The van der Waals surface area contributed by atoms with E-state index in [0.29, 0.717) is 33.6 Å². The van der Waals surface area contributed by atoms with E-state index in [1.807, 2.05) is 12.1 Å². The predicted molar refractivity (Wildman–Crippen MR) is 116 cm³/mol. The molecule has 0 aromatic heterocycles. The van der Waals surface area contributed by atoms with E-state index in [1.165, 1.54) is 12.1 Å². The highest BCUT2D eigenvalue weighted by Gasteiger charge is 2.29. The second-order valence-corrected chi connectivity index (χ2v) is 8.55. The van der Waals surface area contributed by atoms with E-state index in [2.05, 4.69) is 5.32 Å². The second kappa shape index (κ2) is 8.45. The first-order chi connectivity index (χ1) is 14.4. The van der Waals surface area contributed by atoms with Crippen molar-refractivity contribution in [2.45, 2.75) is 12.5 Å². The summed E-state index contributed by atoms with van der Waals surface area (Å²) in [5.74, 6) is -0.251. The molecule has 1 atom stereocenters. The minimum atomic E-state index is -0.539. The molecule has 0 aliphatic carbocycles. The summed E-state index contributed by atoms with van der Waals surface area (Å²) in [6.45, 7) is 0.368. The standard InChI is InChI=1S/C21H17FN2O4S2/c1-24-14(11-27-21(24)26)8-12-2-5-15(6-3-12)28-17-7-4-13(9-16(17)22)10-18-19(25)23-20(29)30-18/h2-7,9-10,14H,8,11H2,1H3,(H,23,25,29)/b18-10-. The molecule has 2 amide bonds. The minimum Gasteiger partial charge on any atom is -0.454 e. The van der Waals surface area contributed by atoms with Crippen LogP contribution in [0.3, 0.4) is 0 Å². The van der Waals surface area contributed by atoms with Gasteiger partial charge in [-0.15, -0.1) is 0 Å². The third-order valence-corrected chi connectivity index (χ3v) is 5.92. The minimum absolute atomic E-state index is 0.00199. The molecule has 9 heteroatoms. The van der Waals surface area contributed by atoms with Crippen molar-refractivity contribution in [3.8, 4) is 11.5 Å². The number of nitrogens with one attached hydrogen (secondary N) is 1. The molecule has 2 aromatic rings. The van der Waals surface area contributed by atoms with E-state index in [4.69, 9.17) is 21.7 Å². The highest BCUT2D eigenvalue weighted by atomic mass is 32.2. The number of benzene rings is 2. The van der Waals surface area contributed by atoms with Crippen LogP contribution in [0.5, 0.6) is 11.5 Å². The van der Waals surface area contributed by atoms with E-state index in [0.717, 1.165) is 17.3 Å². The average Bonchev–Trinajstić information content (AvgIpc) is 3.20. The lowest BCUT2D eigenvalue weighted by Crippen LogP contribution is -2.30. The number of amides is 2. The van der Waals surface area contributed by atoms with Crippen LogP contribution in [0, 0.1) is 5.82 Å². The van der Waals surface area contributed by atoms with Crippen molar-refractivity contribution in [3.05, 3.63) is 64.3 Å². The van der Waals surface area contributed by atoms with Crippen LogP contribution in [0.25, 0.3) is 6.08 Å². The largest absolute Gasteiger partial charge is 0.454 e. The molecule has 6 nitrogen and oxygen atoms in total. The number of hydrogen-bond donors (Lipinski definition) is 1. The molecule has 2 aliphatic rings. The SMILES string of the molecule is CN1C(=O)OCC1Cc1ccc(Oc2ccc(/C=C3\SC(=S)NC3=O)cc2F)cc1. The van der Waals surface area contributed by atoms with Crippen LogP contribution in [0.4, 0.5) is 9.18 Å². The Kier molecular flexibility index (Phi) is 5.74. The Balaban J connectivity index is 1.42. The highest BCUT2D eigenvalue weighted by Crippen LogP contribution is 2.29. The number of ether oxygens (including phenoxy) is 2. The molecule has 2 fully saturated rings. The van der Waals surface area contributed by atoms with Crippen molar-refractivity contribution in [2.24, 2.45) is 0 Å². The van der Waals surface area contributed by atoms with Crippen LogP contribution in [0.2, 0.25) is 0 Å². The third kappa shape index (κ3) is 4.47. The summed E-state index contributed by atoms with van der Waals surface area (Å²) in [7, 11) is 1.71. The van der Waals surface area contributed by atoms with Gasteiger partial charge in [-0.25, -0.2) is 9.18 Å². The number of carbonyl (C=O) groups excluding carboxylic acids is 2. The number of thiocarbonyl (C=S) groups is 1. The molecule has 1 N–H and O–H groups in total. The van der Waals surface area contributed by atoms with Crippen molar-refractivity contribution in [3.63, 3.8) is 0 Å².